The number of nitrogens with one attached hydrogen (secondary N) is 3. The summed E-state index contributed by atoms with van der Waals surface area (Å²) < 4.78 is 31.4. The fraction of sp³-hybridized carbons (Fsp3) is 0.333. The number of carbonyl (C=O) groups excluding carboxylic acids is 1. The summed E-state index contributed by atoms with van der Waals surface area (Å²) in [6.45, 7) is 1.70. The van der Waals surface area contributed by atoms with Crippen LogP contribution in [0.2, 0.25) is 0 Å². The average molecular weight is 452 g/mol. The van der Waals surface area contributed by atoms with Crippen LogP contribution in [0.3, 0.4) is 0 Å². The van der Waals surface area contributed by atoms with Gasteiger partial charge in [0.15, 0.2) is 11.6 Å². The minimum atomic E-state index is -0.498. The topological polar surface area (TPSA) is 97.5 Å². The minimum Gasteiger partial charge on any atom is -0.492 e. The van der Waals surface area contributed by atoms with E-state index in [2.05, 4.69) is 20.6 Å². The summed E-state index contributed by atoms with van der Waals surface area (Å²) in [4.78, 5) is 20.4. The van der Waals surface area contributed by atoms with Gasteiger partial charge in [-0.25, -0.2) is 4.39 Å². The molecule has 33 heavy (non-hydrogen) atoms. The van der Waals surface area contributed by atoms with E-state index in [9.17, 15) is 9.18 Å². The predicted octanol–water partition coefficient (Wildman–Crippen LogP) is 3.81. The Balaban J connectivity index is 1.58. The second kappa shape index (κ2) is 9.11. The quantitative estimate of drug-likeness (QED) is 0.504. The molecule has 1 saturated heterocycles. The lowest BCUT2D eigenvalue weighted by Crippen LogP contribution is -2.31. The number of rotatable bonds is 7. The minimum absolute atomic E-state index is 0.0508. The van der Waals surface area contributed by atoms with E-state index in [4.69, 9.17) is 14.2 Å². The molecule has 0 radical (unpaired) electrons. The Morgan fingerprint density at radius 3 is 3.06 bits per heavy atom. The van der Waals surface area contributed by atoms with Crippen molar-refractivity contribution < 1.29 is 23.4 Å². The van der Waals surface area contributed by atoms with E-state index >= 15 is 0 Å². The molecule has 2 aliphatic heterocycles. The van der Waals surface area contributed by atoms with Gasteiger partial charge in [0, 0.05) is 37.0 Å². The number of hydrogen-bond donors (Lipinski definition) is 3. The molecule has 5 rings (SSSR count). The van der Waals surface area contributed by atoms with Crippen molar-refractivity contribution >= 4 is 17.3 Å². The molecule has 0 unspecified atom stereocenters. The van der Waals surface area contributed by atoms with Crippen molar-refractivity contribution in [2.24, 2.45) is 0 Å². The molecular formula is C24H25FN4O4. The summed E-state index contributed by atoms with van der Waals surface area (Å²) >= 11 is 0. The van der Waals surface area contributed by atoms with Gasteiger partial charge in [-0.1, -0.05) is 6.07 Å². The Hall–Kier alpha value is -3.59. The highest BCUT2D eigenvalue weighted by atomic mass is 19.1. The molecule has 3 N–H and O–H groups in total. The Morgan fingerprint density at radius 2 is 2.24 bits per heavy atom. The maximum Gasteiger partial charge on any atom is 0.255 e. The van der Waals surface area contributed by atoms with Gasteiger partial charge in [0.1, 0.15) is 12.4 Å². The molecule has 1 atom stereocenters. The zero-order valence-electron chi connectivity index (χ0n) is 18.2. The second-order valence-electron chi connectivity index (χ2n) is 8.00. The smallest absolute Gasteiger partial charge is 0.255 e. The number of aromatic nitrogens is 2. The lowest BCUT2D eigenvalue weighted by atomic mass is 10.0. The zero-order valence-corrected chi connectivity index (χ0v) is 18.2. The highest BCUT2D eigenvalue weighted by molar-refractivity contribution is 6.06. The number of nitrogens with zero attached hydrogens (tertiary/aromatic N) is 1. The first-order chi connectivity index (χ1) is 16.2. The first-order valence-electron chi connectivity index (χ1n) is 11.0. The fourth-order valence-electron chi connectivity index (χ4n) is 4.32. The molecule has 2 aliphatic rings. The average Bonchev–Trinajstić information content (AvgIpc) is 3.47. The number of H-pyrrole nitrogens is 1. The van der Waals surface area contributed by atoms with Gasteiger partial charge in [0.05, 0.1) is 42.0 Å². The number of amides is 1. The van der Waals surface area contributed by atoms with Crippen molar-refractivity contribution in [1.82, 2.24) is 15.3 Å². The summed E-state index contributed by atoms with van der Waals surface area (Å²) in [5, 5.41) is 6.12. The number of methoxy groups -OCH3 is 1. The lowest BCUT2D eigenvalue weighted by Gasteiger charge is -2.17. The van der Waals surface area contributed by atoms with Gasteiger partial charge in [0.2, 0.25) is 0 Å². The third-order valence-electron chi connectivity index (χ3n) is 5.90. The van der Waals surface area contributed by atoms with Crippen molar-refractivity contribution in [3.05, 3.63) is 53.7 Å². The highest BCUT2D eigenvalue weighted by Crippen LogP contribution is 2.42. The van der Waals surface area contributed by atoms with Crippen molar-refractivity contribution in [3.8, 4) is 22.8 Å². The standard InChI is InChI=1S/C24H25FN4O4/c1-31-23-16(25)5-2-6-18(23)29-22-20-17(8-10-27-24(20)30)28-21(22)15-7-9-26-12-19(15)33-13-14-4-3-11-32-14/h2,5-7,9,12,14,28-29H,3-4,8,10-11,13H2,1H3,(H,27,30)/t14-/m1/s1. The highest BCUT2D eigenvalue weighted by Gasteiger charge is 2.29. The Kier molecular flexibility index (Phi) is 5.87. The molecule has 2 aromatic heterocycles. The maximum atomic E-state index is 14.3. The van der Waals surface area contributed by atoms with E-state index in [0.717, 1.165) is 30.7 Å². The zero-order chi connectivity index (χ0) is 22.8. The molecule has 0 aliphatic carbocycles. The molecule has 172 valence electrons. The monoisotopic (exact) mass is 452 g/mol. The van der Waals surface area contributed by atoms with Crippen LogP contribution in [-0.4, -0.2) is 48.8 Å². The van der Waals surface area contributed by atoms with Crippen molar-refractivity contribution in [2.75, 3.05) is 32.2 Å². The molecule has 0 spiro atoms. The van der Waals surface area contributed by atoms with Crippen molar-refractivity contribution in [1.29, 1.82) is 0 Å². The van der Waals surface area contributed by atoms with E-state index in [1.54, 1.807) is 24.5 Å². The van der Waals surface area contributed by atoms with Crippen LogP contribution in [0.1, 0.15) is 28.9 Å². The second-order valence-corrected chi connectivity index (χ2v) is 8.00. The van der Waals surface area contributed by atoms with Gasteiger partial charge in [-0.2, -0.15) is 0 Å². The van der Waals surface area contributed by atoms with E-state index in [1.807, 2.05) is 6.07 Å². The SMILES string of the molecule is COc1c(F)cccc1Nc1c(-c2ccncc2OC[C@H]2CCCO2)[nH]c2c1C(=O)NCC2. The molecule has 9 heteroatoms. The van der Waals surface area contributed by atoms with Crippen LogP contribution in [0.5, 0.6) is 11.5 Å². The Morgan fingerprint density at radius 1 is 1.33 bits per heavy atom. The summed E-state index contributed by atoms with van der Waals surface area (Å²) in [7, 11) is 1.41. The number of carbonyl (C=O) groups is 1. The summed E-state index contributed by atoms with van der Waals surface area (Å²) in [6.07, 6.45) is 5.99. The number of ether oxygens (including phenoxy) is 3. The number of pyridine rings is 1. The number of aromatic amines is 1. The molecule has 0 bridgehead atoms. The van der Waals surface area contributed by atoms with Gasteiger partial charge in [0.25, 0.3) is 5.91 Å². The van der Waals surface area contributed by atoms with Gasteiger partial charge in [-0.15, -0.1) is 0 Å². The van der Waals surface area contributed by atoms with Gasteiger partial charge >= 0.3 is 0 Å². The molecule has 0 saturated carbocycles. The van der Waals surface area contributed by atoms with Crippen LogP contribution in [0.15, 0.2) is 36.7 Å². The third kappa shape index (κ3) is 4.11. The van der Waals surface area contributed by atoms with Crippen LogP contribution in [0.4, 0.5) is 15.8 Å². The molecule has 8 nitrogen and oxygen atoms in total. The largest absolute Gasteiger partial charge is 0.492 e. The fourth-order valence-corrected chi connectivity index (χ4v) is 4.32. The predicted molar refractivity (Wildman–Crippen MR) is 121 cm³/mol. The Bertz CT molecular complexity index is 1170. The van der Waals surface area contributed by atoms with Crippen LogP contribution < -0.4 is 20.1 Å². The van der Waals surface area contributed by atoms with Crippen LogP contribution in [0.25, 0.3) is 11.3 Å². The van der Waals surface area contributed by atoms with Gasteiger partial charge in [-0.3, -0.25) is 9.78 Å². The van der Waals surface area contributed by atoms with Crippen molar-refractivity contribution in [2.45, 2.75) is 25.4 Å². The van der Waals surface area contributed by atoms with Gasteiger partial charge in [-0.05, 0) is 31.0 Å². The van der Waals surface area contributed by atoms with E-state index in [0.29, 0.717) is 48.0 Å². The number of fused-ring (bicyclic) bond motifs is 1. The first-order valence-corrected chi connectivity index (χ1v) is 11.0. The number of halogens is 1. The summed E-state index contributed by atoms with van der Waals surface area (Å²) in [6, 6.07) is 6.44. The first kappa shape index (κ1) is 21.3. The van der Waals surface area contributed by atoms with E-state index in [-0.39, 0.29) is 17.8 Å². The maximum absolute atomic E-state index is 14.3. The van der Waals surface area contributed by atoms with Crippen LogP contribution in [0, 0.1) is 5.82 Å². The van der Waals surface area contributed by atoms with Crippen molar-refractivity contribution in [3.63, 3.8) is 0 Å². The summed E-state index contributed by atoms with van der Waals surface area (Å²) in [5.41, 5.74) is 3.63. The lowest BCUT2D eigenvalue weighted by molar-refractivity contribution is 0.0680. The van der Waals surface area contributed by atoms with E-state index in [1.165, 1.54) is 13.2 Å². The van der Waals surface area contributed by atoms with E-state index < -0.39 is 5.82 Å². The number of benzene rings is 1. The molecular weight excluding hydrogens is 427 g/mol. The van der Waals surface area contributed by atoms with Crippen LogP contribution >= 0.6 is 0 Å². The molecule has 1 fully saturated rings. The molecule has 1 amide bonds. The normalized spacial score (nSPS) is 17.4. The summed E-state index contributed by atoms with van der Waals surface area (Å²) in [5.74, 6) is -0.0598. The third-order valence-corrected chi connectivity index (χ3v) is 5.90. The number of para-hydroxylation sites is 1. The molecule has 4 heterocycles. The molecule has 1 aromatic carbocycles. The van der Waals surface area contributed by atoms with Crippen LogP contribution in [-0.2, 0) is 11.2 Å². The Labute approximate surface area is 190 Å². The number of anilines is 2. The van der Waals surface area contributed by atoms with Gasteiger partial charge < -0.3 is 29.8 Å². The number of hydrogen-bond acceptors (Lipinski definition) is 6. The molecule has 3 aromatic rings.